The largest absolute Gasteiger partial charge is 0.480 e. The van der Waals surface area contributed by atoms with Crippen LogP contribution in [-0.2, 0) is 4.79 Å². The van der Waals surface area contributed by atoms with E-state index in [2.05, 4.69) is 0 Å². The molecule has 5 N–H and O–H groups in total. The predicted octanol–water partition coefficient (Wildman–Crippen LogP) is -0.473. The zero-order chi connectivity index (χ0) is 7.98. The molecule has 0 spiro atoms. The molecular formula is C6H14N2O2. The van der Waals surface area contributed by atoms with Crippen molar-refractivity contribution in [2.75, 3.05) is 6.54 Å². The van der Waals surface area contributed by atoms with Crippen LogP contribution in [0.3, 0.4) is 0 Å². The fourth-order valence-electron chi connectivity index (χ4n) is 0.632. The van der Waals surface area contributed by atoms with Gasteiger partial charge in [0, 0.05) is 0 Å². The summed E-state index contributed by atoms with van der Waals surface area (Å²) < 4.78 is 0. The highest BCUT2D eigenvalue weighted by Gasteiger charge is 2.09. The van der Waals surface area contributed by atoms with Crippen LogP contribution in [0.2, 0.25) is 0 Å². The topological polar surface area (TPSA) is 89.3 Å². The quantitative estimate of drug-likeness (QED) is 0.457. The van der Waals surface area contributed by atoms with Gasteiger partial charge in [0.2, 0.25) is 0 Å². The van der Waals surface area contributed by atoms with E-state index in [-0.39, 0.29) is 0 Å². The number of hydrogen-bond donors (Lipinski definition) is 3. The maximum Gasteiger partial charge on any atom is 0.320 e. The molecule has 0 unspecified atom stereocenters. The molecule has 0 amide bonds. The molecule has 0 aliphatic carbocycles. The van der Waals surface area contributed by atoms with E-state index in [1.54, 1.807) is 0 Å². The molecule has 0 saturated carbocycles. The second-order valence-electron chi connectivity index (χ2n) is 2.23. The van der Waals surface area contributed by atoms with E-state index >= 15 is 0 Å². The van der Waals surface area contributed by atoms with Gasteiger partial charge in [0.15, 0.2) is 0 Å². The second kappa shape index (κ2) is 5.20. The molecule has 0 aliphatic rings. The highest BCUT2D eigenvalue weighted by molar-refractivity contribution is 5.72. The molecule has 1 atom stereocenters. The van der Waals surface area contributed by atoms with E-state index in [0.29, 0.717) is 13.0 Å². The molecule has 0 bridgehead atoms. The first kappa shape index (κ1) is 9.39. The van der Waals surface area contributed by atoms with Crippen LogP contribution in [-0.4, -0.2) is 23.7 Å². The minimum absolute atomic E-state index is 0.520. The standard InChI is InChI=1S/C6H14N2O2/c7-4-2-1-3-5(8)6(9)10/h5H,1-4,7-8H2,(H,9,10)/t5-/m0/s1/i7+0,8+0. The summed E-state index contributed by atoms with van der Waals surface area (Å²) in [4.78, 5) is 10.1. The van der Waals surface area contributed by atoms with E-state index in [1.165, 1.54) is 0 Å². The molecule has 0 aromatic rings. The van der Waals surface area contributed by atoms with Crippen LogP contribution >= 0.6 is 0 Å². The Kier molecular flexibility index (Phi) is 4.88. The maximum atomic E-state index is 10.1. The highest BCUT2D eigenvalue weighted by atomic mass is 16.4. The van der Waals surface area contributed by atoms with Crippen molar-refractivity contribution in [2.24, 2.45) is 11.5 Å². The number of carboxylic acid groups (broad SMARTS) is 1. The van der Waals surface area contributed by atoms with Gasteiger partial charge < -0.3 is 16.6 Å². The van der Waals surface area contributed by atoms with Gasteiger partial charge in [0.05, 0.1) is 0 Å². The van der Waals surface area contributed by atoms with E-state index in [4.69, 9.17) is 16.6 Å². The summed E-state index contributed by atoms with van der Waals surface area (Å²) in [6.07, 6.45) is 2.16. The summed E-state index contributed by atoms with van der Waals surface area (Å²) in [5.74, 6) is -0.933. The fraction of sp³-hybridized carbons (Fsp3) is 0.833. The van der Waals surface area contributed by atoms with Crippen LogP contribution in [0.5, 0.6) is 0 Å². The summed E-state index contributed by atoms with van der Waals surface area (Å²) >= 11 is 0. The average molecular weight is 146 g/mol. The molecular weight excluding hydrogens is 132 g/mol. The molecule has 0 aromatic heterocycles. The lowest BCUT2D eigenvalue weighted by Gasteiger charge is -2.03. The molecule has 0 rings (SSSR count). The van der Waals surface area contributed by atoms with Gasteiger partial charge in [-0.15, -0.1) is 0 Å². The van der Waals surface area contributed by atoms with Crippen molar-refractivity contribution >= 4 is 5.97 Å². The molecule has 0 heterocycles. The van der Waals surface area contributed by atoms with Gasteiger partial charge in [-0.05, 0) is 19.4 Å². The predicted molar refractivity (Wildman–Crippen MR) is 38.5 cm³/mol. The SMILES string of the molecule is [14NH2]CCCC[C@H]([14NH2])C(=O)O. The lowest BCUT2D eigenvalue weighted by Crippen LogP contribution is -2.29. The van der Waals surface area contributed by atoms with Crippen LogP contribution in [0, 0.1) is 0 Å². The number of carbonyl (C=O) groups is 1. The number of aliphatic carboxylic acids is 1. The van der Waals surface area contributed by atoms with E-state index in [9.17, 15) is 4.79 Å². The van der Waals surface area contributed by atoms with Gasteiger partial charge in [-0.2, -0.15) is 0 Å². The zero-order valence-electron chi connectivity index (χ0n) is 5.92. The second-order valence-corrected chi connectivity index (χ2v) is 2.23. The van der Waals surface area contributed by atoms with E-state index in [0.717, 1.165) is 12.8 Å². The Balaban J connectivity index is 3.21. The highest BCUT2D eigenvalue weighted by Crippen LogP contribution is 1.96. The third-order valence-electron chi connectivity index (χ3n) is 1.29. The van der Waals surface area contributed by atoms with Crippen LogP contribution in [0.1, 0.15) is 19.3 Å². The van der Waals surface area contributed by atoms with Crippen molar-refractivity contribution in [1.29, 1.82) is 0 Å². The van der Waals surface area contributed by atoms with Crippen molar-refractivity contribution in [1.82, 2.24) is 0 Å². The van der Waals surface area contributed by atoms with E-state index < -0.39 is 12.0 Å². The van der Waals surface area contributed by atoms with Gasteiger partial charge in [0.1, 0.15) is 6.04 Å². The first-order valence-electron chi connectivity index (χ1n) is 3.37. The Labute approximate surface area is 60.2 Å². The maximum absolute atomic E-state index is 10.1. The van der Waals surface area contributed by atoms with Gasteiger partial charge in [-0.25, -0.2) is 0 Å². The zero-order valence-corrected chi connectivity index (χ0v) is 5.92. The molecule has 0 fully saturated rings. The summed E-state index contributed by atoms with van der Waals surface area (Å²) in [6.45, 7) is 0.604. The summed E-state index contributed by atoms with van der Waals surface area (Å²) in [6, 6.07) is -0.716. The van der Waals surface area contributed by atoms with Crippen molar-refractivity contribution in [3.63, 3.8) is 0 Å². The van der Waals surface area contributed by atoms with E-state index in [1.807, 2.05) is 0 Å². The van der Waals surface area contributed by atoms with Gasteiger partial charge >= 0.3 is 5.97 Å². The Morgan fingerprint density at radius 3 is 2.50 bits per heavy atom. The first-order valence-corrected chi connectivity index (χ1v) is 3.37. The number of nitrogens with two attached hydrogens (primary N) is 2. The number of hydrogen-bond acceptors (Lipinski definition) is 3. The smallest absolute Gasteiger partial charge is 0.320 e. The Morgan fingerprint density at radius 2 is 2.10 bits per heavy atom. The number of rotatable bonds is 5. The Morgan fingerprint density at radius 1 is 1.50 bits per heavy atom. The lowest BCUT2D eigenvalue weighted by atomic mass is 10.1. The summed E-state index contributed by atoms with van der Waals surface area (Å²) in [5, 5.41) is 8.33. The molecule has 0 aliphatic heterocycles. The van der Waals surface area contributed by atoms with Crippen LogP contribution in [0.15, 0.2) is 0 Å². The number of carboxylic acids is 1. The van der Waals surface area contributed by atoms with Crippen molar-refractivity contribution in [3.8, 4) is 0 Å². The molecule has 0 saturated heterocycles. The third-order valence-corrected chi connectivity index (χ3v) is 1.29. The molecule has 4 heteroatoms. The molecule has 10 heavy (non-hydrogen) atoms. The minimum Gasteiger partial charge on any atom is -0.480 e. The van der Waals surface area contributed by atoms with Gasteiger partial charge in [-0.1, -0.05) is 6.42 Å². The molecule has 4 nitrogen and oxygen atoms in total. The molecule has 0 aromatic carbocycles. The summed E-state index contributed by atoms with van der Waals surface area (Å²) in [5.41, 5.74) is 10.4. The van der Waals surface area contributed by atoms with Crippen molar-refractivity contribution in [3.05, 3.63) is 0 Å². The van der Waals surface area contributed by atoms with Crippen LogP contribution < -0.4 is 11.5 Å². The van der Waals surface area contributed by atoms with Crippen molar-refractivity contribution in [2.45, 2.75) is 25.3 Å². The van der Waals surface area contributed by atoms with Crippen LogP contribution in [0.25, 0.3) is 0 Å². The Hall–Kier alpha value is -0.610. The summed E-state index contributed by atoms with van der Waals surface area (Å²) in [7, 11) is 0. The van der Waals surface area contributed by atoms with Crippen LogP contribution in [0.4, 0.5) is 0 Å². The molecule has 60 valence electrons. The van der Waals surface area contributed by atoms with Gasteiger partial charge in [0.25, 0.3) is 0 Å². The normalized spacial score (nSPS) is 13.0. The minimum atomic E-state index is -0.933. The Bertz CT molecular complexity index is 106. The fourth-order valence-corrected chi connectivity index (χ4v) is 0.632. The lowest BCUT2D eigenvalue weighted by molar-refractivity contribution is -0.138. The average Bonchev–Trinajstić information content (AvgIpc) is 1.88. The first-order chi connectivity index (χ1) is 4.68. The monoisotopic (exact) mass is 146 g/mol. The van der Waals surface area contributed by atoms with Crippen molar-refractivity contribution < 1.29 is 9.90 Å². The van der Waals surface area contributed by atoms with Gasteiger partial charge in [-0.3, -0.25) is 4.79 Å². The number of unbranched alkanes of at least 4 members (excludes halogenated alkanes) is 1. The molecule has 0 radical (unpaired) electrons. The third kappa shape index (κ3) is 4.29.